The van der Waals surface area contributed by atoms with E-state index in [9.17, 15) is 14.7 Å². The highest BCUT2D eigenvalue weighted by molar-refractivity contribution is 5.76. The van der Waals surface area contributed by atoms with Crippen LogP contribution in [-0.4, -0.2) is 61.8 Å². The Bertz CT molecular complexity index is 1850. The summed E-state index contributed by atoms with van der Waals surface area (Å²) in [6, 6.07) is 28.6. The van der Waals surface area contributed by atoms with Crippen LogP contribution in [0.5, 0.6) is 11.5 Å². The molecular weight excluding hydrogens is 682 g/mol. The van der Waals surface area contributed by atoms with Crippen molar-refractivity contribution in [2.45, 2.75) is 83.6 Å². The van der Waals surface area contributed by atoms with Gasteiger partial charge in [0.25, 0.3) is 0 Å². The molecule has 286 valence electrons. The largest absolute Gasteiger partial charge is 0.493 e. The van der Waals surface area contributed by atoms with E-state index in [1.54, 1.807) is 14.2 Å². The molecule has 2 heterocycles. The fourth-order valence-corrected chi connectivity index (χ4v) is 7.33. The molecule has 2 aliphatic rings. The molecule has 0 bridgehead atoms. The Balaban J connectivity index is 1.12. The Kier molecular flexibility index (Phi) is 13.7. The van der Waals surface area contributed by atoms with Crippen molar-refractivity contribution in [3.63, 3.8) is 0 Å². The quantitative estimate of drug-likeness (QED) is 0.108. The number of benzene rings is 4. The number of hydrogen-bond acceptors (Lipinski definition) is 8. The lowest BCUT2D eigenvalue weighted by molar-refractivity contribution is -0.253. The predicted octanol–water partition coefficient (Wildman–Crippen LogP) is 6.78. The number of nitrogens with zero attached hydrogens (tertiary/aromatic N) is 1. The van der Waals surface area contributed by atoms with Gasteiger partial charge in [0, 0.05) is 58.1 Å². The molecule has 0 spiro atoms. The summed E-state index contributed by atoms with van der Waals surface area (Å²) in [4.78, 5) is 26.1. The SMILES string of the molecule is COc1cc2c(cc1OC)CN(C[C@@H]1C[C@H](c3ccc(CO)cc3)O[C@H](c3ccc(-c4ccccc4CNC(=O)CCCCCNC(C)=O)cc3)O1)CC2. The molecule has 1 fully saturated rings. The van der Waals surface area contributed by atoms with Crippen LogP contribution in [0.4, 0.5) is 0 Å². The number of aliphatic hydroxyl groups excluding tert-OH is 1. The first kappa shape index (κ1) is 39.0. The lowest BCUT2D eigenvalue weighted by Gasteiger charge is -2.39. The average Bonchev–Trinajstić information content (AvgIpc) is 3.20. The van der Waals surface area contributed by atoms with Gasteiger partial charge in [-0.15, -0.1) is 0 Å². The zero-order chi connectivity index (χ0) is 37.9. The zero-order valence-electron chi connectivity index (χ0n) is 31.6. The summed E-state index contributed by atoms with van der Waals surface area (Å²) in [6.07, 6.45) is 3.81. The van der Waals surface area contributed by atoms with E-state index in [-0.39, 0.29) is 30.6 Å². The molecule has 10 nitrogen and oxygen atoms in total. The molecule has 3 N–H and O–H groups in total. The molecule has 6 rings (SSSR count). The van der Waals surface area contributed by atoms with Crippen LogP contribution in [0.25, 0.3) is 11.1 Å². The Hall–Kier alpha value is -4.74. The molecule has 0 saturated carbocycles. The highest BCUT2D eigenvalue weighted by Crippen LogP contribution is 2.40. The van der Waals surface area contributed by atoms with Gasteiger partial charge in [0.2, 0.25) is 11.8 Å². The standard InChI is InChI=1S/C44H53N3O7/c1-30(49)45-21-8-4-5-11-43(50)46-26-36-9-6-7-10-39(36)32-16-18-34(19-17-32)44-53-38(25-40(54-44)33-14-12-31(29-48)13-15-33)28-47-22-20-35-23-41(51-2)42(52-3)24-37(35)27-47/h6-7,9-10,12-19,23-24,38,40,44,48H,4-5,8,11,20-22,25-29H2,1-3H3,(H,45,49)(H,46,50)/t38-,40+,44+/m0/s1. The van der Waals surface area contributed by atoms with E-state index in [0.29, 0.717) is 25.9 Å². The zero-order valence-corrected chi connectivity index (χ0v) is 31.6. The van der Waals surface area contributed by atoms with E-state index >= 15 is 0 Å². The van der Waals surface area contributed by atoms with Gasteiger partial charge in [0.1, 0.15) is 0 Å². The van der Waals surface area contributed by atoms with Gasteiger partial charge in [0.15, 0.2) is 17.8 Å². The molecule has 0 aromatic heterocycles. The second-order valence-corrected chi connectivity index (χ2v) is 14.2. The molecule has 0 radical (unpaired) electrons. The smallest absolute Gasteiger partial charge is 0.220 e. The summed E-state index contributed by atoms with van der Waals surface area (Å²) < 4.78 is 24.5. The highest BCUT2D eigenvalue weighted by atomic mass is 16.7. The van der Waals surface area contributed by atoms with E-state index in [0.717, 1.165) is 90.2 Å². The van der Waals surface area contributed by atoms with Crippen LogP contribution < -0.4 is 20.1 Å². The molecule has 3 atom stereocenters. The number of fused-ring (bicyclic) bond motifs is 1. The number of carbonyl (C=O) groups is 2. The summed E-state index contributed by atoms with van der Waals surface area (Å²) in [5.41, 5.74) is 8.53. The third kappa shape index (κ3) is 10.3. The third-order valence-electron chi connectivity index (χ3n) is 10.3. The molecule has 4 aromatic carbocycles. The number of ether oxygens (including phenoxy) is 4. The van der Waals surface area contributed by atoms with Crippen molar-refractivity contribution in [1.82, 2.24) is 15.5 Å². The Labute approximate surface area is 318 Å². The van der Waals surface area contributed by atoms with E-state index < -0.39 is 6.29 Å². The van der Waals surface area contributed by atoms with Crippen molar-refractivity contribution in [2.75, 3.05) is 33.9 Å². The third-order valence-corrected chi connectivity index (χ3v) is 10.3. The van der Waals surface area contributed by atoms with Crippen molar-refractivity contribution in [1.29, 1.82) is 0 Å². The summed E-state index contributed by atoms with van der Waals surface area (Å²) in [7, 11) is 3.34. The Morgan fingerprint density at radius 3 is 2.30 bits per heavy atom. The lowest BCUT2D eigenvalue weighted by Crippen LogP contribution is -2.41. The minimum absolute atomic E-state index is 0.00275. The monoisotopic (exact) mass is 735 g/mol. The highest BCUT2D eigenvalue weighted by Gasteiger charge is 2.34. The van der Waals surface area contributed by atoms with Gasteiger partial charge in [-0.1, -0.05) is 79.2 Å². The Morgan fingerprint density at radius 1 is 0.852 bits per heavy atom. The van der Waals surface area contributed by atoms with Crippen LogP contribution in [0, 0.1) is 0 Å². The topological polar surface area (TPSA) is 119 Å². The maximum Gasteiger partial charge on any atom is 0.220 e. The van der Waals surface area contributed by atoms with Gasteiger partial charge in [-0.3, -0.25) is 14.5 Å². The first-order valence-electron chi connectivity index (χ1n) is 19.0. The first-order valence-corrected chi connectivity index (χ1v) is 19.0. The van der Waals surface area contributed by atoms with Gasteiger partial charge in [-0.05, 0) is 70.3 Å². The van der Waals surface area contributed by atoms with Crippen molar-refractivity contribution in [3.05, 3.63) is 118 Å². The summed E-state index contributed by atoms with van der Waals surface area (Å²) >= 11 is 0. The fourth-order valence-electron chi connectivity index (χ4n) is 7.33. The number of unbranched alkanes of at least 4 members (excludes halogenated alkanes) is 2. The maximum absolute atomic E-state index is 12.6. The summed E-state index contributed by atoms with van der Waals surface area (Å²) in [5.74, 6) is 1.50. The van der Waals surface area contributed by atoms with E-state index in [4.69, 9.17) is 18.9 Å². The van der Waals surface area contributed by atoms with Crippen LogP contribution in [0.15, 0.2) is 84.9 Å². The molecule has 10 heteroatoms. The minimum atomic E-state index is -0.561. The molecule has 54 heavy (non-hydrogen) atoms. The van der Waals surface area contributed by atoms with E-state index in [1.807, 2.05) is 42.5 Å². The molecule has 0 unspecified atom stereocenters. The number of aliphatic hydroxyl groups is 1. The molecule has 0 aliphatic carbocycles. The number of rotatable bonds is 16. The molecule has 2 amide bonds. The van der Waals surface area contributed by atoms with Gasteiger partial charge >= 0.3 is 0 Å². The normalized spacial score (nSPS) is 18.4. The van der Waals surface area contributed by atoms with Crippen LogP contribution in [0.1, 0.15) is 84.8 Å². The average molecular weight is 736 g/mol. The van der Waals surface area contributed by atoms with Crippen molar-refractivity contribution < 1.29 is 33.6 Å². The van der Waals surface area contributed by atoms with Crippen LogP contribution in [0.2, 0.25) is 0 Å². The van der Waals surface area contributed by atoms with Gasteiger partial charge < -0.3 is 34.7 Å². The van der Waals surface area contributed by atoms with E-state index in [1.165, 1.54) is 18.1 Å². The molecular formula is C44H53N3O7. The second kappa shape index (κ2) is 19.0. The van der Waals surface area contributed by atoms with Gasteiger partial charge in [0.05, 0.1) is 33.0 Å². The van der Waals surface area contributed by atoms with Crippen LogP contribution in [-0.2, 0) is 45.2 Å². The maximum atomic E-state index is 12.6. The summed E-state index contributed by atoms with van der Waals surface area (Å²) in [5, 5.41) is 15.5. The number of hydrogen-bond donors (Lipinski definition) is 3. The lowest BCUT2D eigenvalue weighted by atomic mass is 9.96. The molecule has 4 aromatic rings. The van der Waals surface area contributed by atoms with Crippen molar-refractivity contribution in [3.8, 4) is 22.6 Å². The fraction of sp³-hybridized carbons (Fsp3) is 0.409. The van der Waals surface area contributed by atoms with Crippen molar-refractivity contribution in [2.24, 2.45) is 0 Å². The molecule has 1 saturated heterocycles. The predicted molar refractivity (Wildman–Crippen MR) is 208 cm³/mol. The molecule has 2 aliphatic heterocycles. The number of nitrogens with one attached hydrogen (secondary N) is 2. The number of methoxy groups -OCH3 is 2. The van der Waals surface area contributed by atoms with Gasteiger partial charge in [-0.2, -0.15) is 0 Å². The second-order valence-electron chi connectivity index (χ2n) is 14.2. The van der Waals surface area contributed by atoms with Crippen LogP contribution in [0.3, 0.4) is 0 Å². The van der Waals surface area contributed by atoms with Crippen molar-refractivity contribution >= 4 is 11.8 Å². The first-order chi connectivity index (χ1) is 26.3. The van der Waals surface area contributed by atoms with E-state index in [2.05, 4.69) is 58.0 Å². The number of carbonyl (C=O) groups excluding carboxylic acids is 2. The minimum Gasteiger partial charge on any atom is -0.493 e. The van der Waals surface area contributed by atoms with Gasteiger partial charge in [-0.25, -0.2) is 0 Å². The van der Waals surface area contributed by atoms with Crippen LogP contribution >= 0.6 is 0 Å². The Morgan fingerprint density at radius 2 is 1.57 bits per heavy atom. The summed E-state index contributed by atoms with van der Waals surface area (Å²) in [6.45, 7) is 5.06. The number of amides is 2.